The maximum Gasteiger partial charge on any atom is 0.416 e. The Labute approximate surface area is 149 Å². The van der Waals surface area contributed by atoms with E-state index in [0.29, 0.717) is 24.0 Å². The molecule has 2 aromatic carbocycles. The summed E-state index contributed by atoms with van der Waals surface area (Å²) in [5, 5.41) is 0. The van der Waals surface area contributed by atoms with Crippen LogP contribution in [0.4, 0.5) is 13.2 Å². The molecule has 2 rings (SSSR count). The molecule has 0 spiro atoms. The number of alkyl halides is 3. The molecule has 1 N–H and O–H groups in total. The summed E-state index contributed by atoms with van der Waals surface area (Å²) in [4.78, 5) is -0.431. The number of hydrogen-bond donors (Lipinski definition) is 1. The summed E-state index contributed by atoms with van der Waals surface area (Å²) in [5.41, 5.74) is -0.227. The molecule has 0 fully saturated rings. The standard InChI is InChI=1S/C17H18F3NO4S/c1-24-15-7-6-12(10-16(15)25-2)8-9-21-26(22,23)14-5-3-4-13(11-14)17(18,19)20/h3-7,10-11,21H,8-9H2,1-2H3. The normalized spacial score (nSPS) is 12.0. The molecule has 9 heteroatoms. The maximum atomic E-state index is 12.7. The third kappa shape index (κ3) is 4.89. The second kappa shape index (κ2) is 7.96. The Bertz CT molecular complexity index is 867. The van der Waals surface area contributed by atoms with Crippen molar-refractivity contribution in [2.45, 2.75) is 17.5 Å². The first-order chi connectivity index (χ1) is 12.2. The van der Waals surface area contributed by atoms with Gasteiger partial charge < -0.3 is 9.47 Å². The van der Waals surface area contributed by atoms with Crippen molar-refractivity contribution in [3.63, 3.8) is 0 Å². The van der Waals surface area contributed by atoms with Gasteiger partial charge in [0, 0.05) is 6.54 Å². The number of nitrogens with one attached hydrogen (secondary N) is 1. The van der Waals surface area contributed by atoms with Crippen molar-refractivity contribution in [2.75, 3.05) is 20.8 Å². The molecule has 26 heavy (non-hydrogen) atoms. The Morgan fingerprint density at radius 3 is 2.31 bits per heavy atom. The molecule has 0 aromatic heterocycles. The highest BCUT2D eigenvalue weighted by atomic mass is 32.2. The van der Waals surface area contributed by atoms with Crippen LogP contribution in [0.1, 0.15) is 11.1 Å². The average Bonchev–Trinajstić information content (AvgIpc) is 2.60. The molecule has 0 bridgehead atoms. The van der Waals surface area contributed by atoms with Gasteiger partial charge in [-0.3, -0.25) is 0 Å². The van der Waals surface area contributed by atoms with Crippen molar-refractivity contribution in [1.29, 1.82) is 0 Å². The fourth-order valence-electron chi connectivity index (χ4n) is 2.29. The summed E-state index contributed by atoms with van der Waals surface area (Å²) in [7, 11) is -1.06. The molecule has 0 saturated heterocycles. The Morgan fingerprint density at radius 1 is 1.00 bits per heavy atom. The second-order valence-corrected chi connectivity index (χ2v) is 7.13. The monoisotopic (exact) mass is 389 g/mol. The van der Waals surface area contributed by atoms with Gasteiger partial charge in [0.15, 0.2) is 11.5 Å². The van der Waals surface area contributed by atoms with E-state index in [4.69, 9.17) is 9.47 Å². The first-order valence-electron chi connectivity index (χ1n) is 7.55. The SMILES string of the molecule is COc1ccc(CCNS(=O)(=O)c2cccc(C(F)(F)F)c2)cc1OC. The van der Waals surface area contributed by atoms with Gasteiger partial charge in [0.2, 0.25) is 10.0 Å². The largest absolute Gasteiger partial charge is 0.493 e. The van der Waals surface area contributed by atoms with Crippen LogP contribution < -0.4 is 14.2 Å². The highest BCUT2D eigenvalue weighted by Crippen LogP contribution is 2.30. The van der Waals surface area contributed by atoms with Crippen LogP contribution >= 0.6 is 0 Å². The van der Waals surface area contributed by atoms with Gasteiger partial charge in [0.25, 0.3) is 0 Å². The number of rotatable bonds is 7. The van der Waals surface area contributed by atoms with Crippen LogP contribution in [0.25, 0.3) is 0 Å². The Morgan fingerprint density at radius 2 is 1.69 bits per heavy atom. The number of sulfonamides is 1. The van der Waals surface area contributed by atoms with Crippen LogP contribution in [0.2, 0.25) is 0 Å². The van der Waals surface area contributed by atoms with E-state index in [-0.39, 0.29) is 6.54 Å². The summed E-state index contributed by atoms with van der Waals surface area (Å²) in [6.07, 6.45) is -4.27. The van der Waals surface area contributed by atoms with Crippen LogP contribution in [-0.2, 0) is 22.6 Å². The molecular formula is C17H18F3NO4S. The molecule has 0 unspecified atom stereocenters. The van der Waals surface area contributed by atoms with E-state index >= 15 is 0 Å². The summed E-state index contributed by atoms with van der Waals surface area (Å²) in [5.74, 6) is 1.05. The lowest BCUT2D eigenvalue weighted by atomic mass is 10.1. The Balaban J connectivity index is 2.07. The lowest BCUT2D eigenvalue weighted by Gasteiger charge is -2.11. The molecular weight excluding hydrogens is 371 g/mol. The Hall–Kier alpha value is -2.26. The zero-order valence-corrected chi connectivity index (χ0v) is 14.9. The van der Waals surface area contributed by atoms with Crippen LogP contribution in [0.15, 0.2) is 47.4 Å². The molecule has 0 aliphatic rings. The summed E-state index contributed by atoms with van der Waals surface area (Å²) in [6.45, 7) is 0.0219. The van der Waals surface area contributed by atoms with Gasteiger partial charge in [-0.05, 0) is 42.3 Å². The van der Waals surface area contributed by atoms with Crippen molar-refractivity contribution < 1.29 is 31.1 Å². The minimum Gasteiger partial charge on any atom is -0.493 e. The van der Waals surface area contributed by atoms with E-state index in [9.17, 15) is 21.6 Å². The molecule has 2 aromatic rings. The lowest BCUT2D eigenvalue weighted by molar-refractivity contribution is -0.137. The minimum atomic E-state index is -4.61. The summed E-state index contributed by atoms with van der Waals surface area (Å²) >= 11 is 0. The van der Waals surface area contributed by atoms with Gasteiger partial charge in [-0.2, -0.15) is 13.2 Å². The number of methoxy groups -OCH3 is 2. The zero-order chi connectivity index (χ0) is 19.4. The van der Waals surface area contributed by atoms with Gasteiger partial charge in [-0.1, -0.05) is 12.1 Å². The number of benzene rings is 2. The van der Waals surface area contributed by atoms with E-state index in [1.807, 2.05) is 0 Å². The van der Waals surface area contributed by atoms with Gasteiger partial charge in [-0.15, -0.1) is 0 Å². The summed E-state index contributed by atoms with van der Waals surface area (Å²) in [6, 6.07) is 8.76. The van der Waals surface area contributed by atoms with Gasteiger partial charge in [0.1, 0.15) is 0 Å². The fraction of sp³-hybridized carbons (Fsp3) is 0.294. The number of halogens is 3. The lowest BCUT2D eigenvalue weighted by Crippen LogP contribution is -2.26. The predicted molar refractivity (Wildman–Crippen MR) is 89.9 cm³/mol. The molecule has 0 radical (unpaired) electrons. The highest BCUT2D eigenvalue weighted by Gasteiger charge is 2.31. The van der Waals surface area contributed by atoms with Crippen molar-refractivity contribution in [2.24, 2.45) is 0 Å². The molecule has 0 heterocycles. The van der Waals surface area contributed by atoms with Crippen LogP contribution in [0.3, 0.4) is 0 Å². The quantitative estimate of drug-likeness (QED) is 0.790. The molecule has 0 saturated carbocycles. The van der Waals surface area contributed by atoms with Crippen LogP contribution in [0.5, 0.6) is 11.5 Å². The van der Waals surface area contributed by atoms with Crippen molar-refractivity contribution >= 4 is 10.0 Å². The fourth-order valence-corrected chi connectivity index (χ4v) is 3.37. The van der Waals surface area contributed by atoms with Gasteiger partial charge in [0.05, 0.1) is 24.7 Å². The molecule has 0 amide bonds. The second-order valence-electron chi connectivity index (χ2n) is 5.36. The van der Waals surface area contributed by atoms with Crippen molar-refractivity contribution in [3.05, 3.63) is 53.6 Å². The van der Waals surface area contributed by atoms with E-state index in [2.05, 4.69) is 4.72 Å². The third-order valence-corrected chi connectivity index (χ3v) is 5.08. The van der Waals surface area contributed by atoms with E-state index < -0.39 is 26.7 Å². The Kier molecular flexibility index (Phi) is 6.14. The zero-order valence-electron chi connectivity index (χ0n) is 14.1. The molecule has 0 atom stereocenters. The predicted octanol–water partition coefficient (Wildman–Crippen LogP) is 3.24. The van der Waals surface area contributed by atoms with Crippen LogP contribution in [-0.4, -0.2) is 29.2 Å². The molecule has 142 valence electrons. The maximum absolute atomic E-state index is 12.7. The van der Waals surface area contributed by atoms with E-state index in [0.717, 1.165) is 23.8 Å². The third-order valence-electron chi connectivity index (χ3n) is 3.63. The number of hydrogen-bond acceptors (Lipinski definition) is 4. The molecule has 5 nitrogen and oxygen atoms in total. The van der Waals surface area contributed by atoms with Crippen molar-refractivity contribution in [3.8, 4) is 11.5 Å². The van der Waals surface area contributed by atoms with E-state index in [1.165, 1.54) is 14.2 Å². The number of ether oxygens (including phenoxy) is 2. The van der Waals surface area contributed by atoms with Gasteiger partial charge in [-0.25, -0.2) is 13.1 Å². The average molecular weight is 389 g/mol. The first-order valence-corrected chi connectivity index (χ1v) is 9.03. The molecule has 0 aliphatic heterocycles. The minimum absolute atomic E-state index is 0.0219. The van der Waals surface area contributed by atoms with E-state index in [1.54, 1.807) is 18.2 Å². The van der Waals surface area contributed by atoms with Gasteiger partial charge >= 0.3 is 6.18 Å². The van der Waals surface area contributed by atoms with Crippen LogP contribution in [0, 0.1) is 0 Å². The highest BCUT2D eigenvalue weighted by molar-refractivity contribution is 7.89. The van der Waals surface area contributed by atoms with Crippen molar-refractivity contribution in [1.82, 2.24) is 4.72 Å². The smallest absolute Gasteiger partial charge is 0.416 e. The summed E-state index contributed by atoms with van der Waals surface area (Å²) < 4.78 is 75.2. The first kappa shape index (κ1) is 20.1. The molecule has 0 aliphatic carbocycles. The topological polar surface area (TPSA) is 64.6 Å².